The van der Waals surface area contributed by atoms with Crippen molar-refractivity contribution in [1.29, 1.82) is 0 Å². The maximum atomic E-state index is 5.30. The average Bonchev–Trinajstić information content (AvgIpc) is 2.69. The molecule has 0 saturated carbocycles. The lowest BCUT2D eigenvalue weighted by molar-refractivity contribution is 0.187. The van der Waals surface area contributed by atoms with Gasteiger partial charge in [0, 0.05) is 31.5 Å². The Hall–Kier alpha value is -1.16. The Morgan fingerprint density at radius 1 is 1.50 bits per heavy atom. The molecule has 0 aliphatic carbocycles. The van der Waals surface area contributed by atoms with Crippen LogP contribution in [-0.2, 0) is 4.74 Å². The van der Waals surface area contributed by atoms with E-state index in [1.807, 2.05) is 6.92 Å². The van der Waals surface area contributed by atoms with E-state index in [0.29, 0.717) is 5.92 Å². The van der Waals surface area contributed by atoms with Crippen molar-refractivity contribution in [2.24, 2.45) is 5.92 Å². The van der Waals surface area contributed by atoms with Gasteiger partial charge in [-0.15, -0.1) is 0 Å². The number of aryl methyl sites for hydroxylation is 1. The Bertz CT molecular complexity index is 297. The van der Waals surface area contributed by atoms with E-state index in [4.69, 9.17) is 4.74 Å². The van der Waals surface area contributed by atoms with Crippen molar-refractivity contribution in [1.82, 2.24) is 9.97 Å². The summed E-state index contributed by atoms with van der Waals surface area (Å²) in [5.74, 6) is 1.51. The molecule has 1 atom stereocenters. The highest BCUT2D eigenvalue weighted by molar-refractivity contribution is 5.38. The van der Waals surface area contributed by atoms with Gasteiger partial charge in [-0.1, -0.05) is 0 Å². The molecule has 1 aliphatic heterocycles. The third-order valence-corrected chi connectivity index (χ3v) is 2.46. The van der Waals surface area contributed by atoms with Crippen molar-refractivity contribution in [2.75, 3.05) is 25.1 Å². The lowest BCUT2D eigenvalue weighted by Gasteiger charge is -2.10. The molecular formula is C10H15N3O. The van der Waals surface area contributed by atoms with Crippen molar-refractivity contribution in [2.45, 2.75) is 13.3 Å². The van der Waals surface area contributed by atoms with E-state index in [-0.39, 0.29) is 0 Å². The van der Waals surface area contributed by atoms with Crippen LogP contribution < -0.4 is 5.32 Å². The predicted octanol–water partition coefficient (Wildman–Crippen LogP) is 1.23. The molecule has 4 heteroatoms. The largest absolute Gasteiger partial charge is 0.381 e. The van der Waals surface area contributed by atoms with Crippen molar-refractivity contribution < 1.29 is 4.74 Å². The van der Waals surface area contributed by atoms with Crippen LogP contribution in [0.4, 0.5) is 5.82 Å². The van der Waals surface area contributed by atoms with Crippen molar-refractivity contribution in [3.8, 4) is 0 Å². The van der Waals surface area contributed by atoms with Crippen LogP contribution >= 0.6 is 0 Å². The second-order valence-corrected chi connectivity index (χ2v) is 3.60. The van der Waals surface area contributed by atoms with E-state index in [9.17, 15) is 0 Å². The molecule has 1 fully saturated rings. The van der Waals surface area contributed by atoms with E-state index in [2.05, 4.69) is 15.3 Å². The Kier molecular flexibility index (Phi) is 2.93. The minimum atomic E-state index is 0.622. The lowest BCUT2D eigenvalue weighted by atomic mass is 10.1. The number of hydrogen-bond donors (Lipinski definition) is 1. The summed E-state index contributed by atoms with van der Waals surface area (Å²) < 4.78 is 5.30. The van der Waals surface area contributed by atoms with Crippen molar-refractivity contribution >= 4 is 5.82 Å². The molecule has 1 saturated heterocycles. The molecule has 1 aliphatic rings. The normalized spacial score (nSPS) is 21.1. The lowest BCUT2D eigenvalue weighted by Crippen LogP contribution is -2.15. The standard InChI is InChI=1S/C10H15N3O/c1-8-10(12-4-3-11-8)13-6-9-2-5-14-7-9/h3-4,9H,2,5-7H2,1H3,(H,12,13). The Morgan fingerprint density at radius 3 is 3.07 bits per heavy atom. The molecule has 0 aromatic carbocycles. The Balaban J connectivity index is 1.88. The van der Waals surface area contributed by atoms with E-state index < -0.39 is 0 Å². The van der Waals surface area contributed by atoms with Crippen LogP contribution in [0.25, 0.3) is 0 Å². The average molecular weight is 193 g/mol. The molecule has 1 aromatic rings. The second-order valence-electron chi connectivity index (χ2n) is 3.60. The van der Waals surface area contributed by atoms with Gasteiger partial charge in [-0.3, -0.25) is 4.98 Å². The van der Waals surface area contributed by atoms with Crippen LogP contribution in [0.15, 0.2) is 12.4 Å². The fourth-order valence-corrected chi connectivity index (χ4v) is 1.57. The Labute approximate surface area is 83.7 Å². The molecule has 2 heterocycles. The number of aromatic nitrogens is 2. The fraction of sp³-hybridized carbons (Fsp3) is 0.600. The third kappa shape index (κ3) is 2.20. The van der Waals surface area contributed by atoms with Crippen LogP contribution in [0.1, 0.15) is 12.1 Å². The van der Waals surface area contributed by atoms with Crippen LogP contribution in [-0.4, -0.2) is 29.7 Å². The number of hydrogen-bond acceptors (Lipinski definition) is 4. The second kappa shape index (κ2) is 4.37. The molecule has 14 heavy (non-hydrogen) atoms. The van der Waals surface area contributed by atoms with E-state index in [0.717, 1.165) is 37.7 Å². The fourth-order valence-electron chi connectivity index (χ4n) is 1.57. The summed E-state index contributed by atoms with van der Waals surface area (Å²) >= 11 is 0. The minimum absolute atomic E-state index is 0.622. The minimum Gasteiger partial charge on any atom is -0.381 e. The van der Waals surface area contributed by atoms with Gasteiger partial charge in [0.2, 0.25) is 0 Å². The molecular weight excluding hydrogens is 178 g/mol. The van der Waals surface area contributed by atoms with Gasteiger partial charge in [-0.05, 0) is 13.3 Å². The van der Waals surface area contributed by atoms with E-state index in [1.165, 1.54) is 0 Å². The van der Waals surface area contributed by atoms with Gasteiger partial charge in [0.25, 0.3) is 0 Å². The zero-order valence-electron chi connectivity index (χ0n) is 8.36. The molecule has 0 bridgehead atoms. The zero-order chi connectivity index (χ0) is 9.80. The quantitative estimate of drug-likeness (QED) is 0.784. The van der Waals surface area contributed by atoms with Gasteiger partial charge in [0.15, 0.2) is 0 Å². The summed E-state index contributed by atoms with van der Waals surface area (Å²) in [4.78, 5) is 8.39. The molecule has 1 unspecified atom stereocenters. The van der Waals surface area contributed by atoms with Gasteiger partial charge >= 0.3 is 0 Å². The molecule has 1 aromatic heterocycles. The maximum absolute atomic E-state index is 5.30. The monoisotopic (exact) mass is 193 g/mol. The zero-order valence-corrected chi connectivity index (χ0v) is 8.36. The van der Waals surface area contributed by atoms with Gasteiger partial charge in [-0.2, -0.15) is 0 Å². The number of anilines is 1. The SMILES string of the molecule is Cc1nccnc1NCC1CCOC1. The maximum Gasteiger partial charge on any atom is 0.147 e. The van der Waals surface area contributed by atoms with E-state index in [1.54, 1.807) is 12.4 Å². The molecule has 0 radical (unpaired) electrons. The molecule has 4 nitrogen and oxygen atoms in total. The number of ether oxygens (including phenoxy) is 1. The van der Waals surface area contributed by atoms with Crippen LogP contribution in [0.5, 0.6) is 0 Å². The van der Waals surface area contributed by atoms with Gasteiger partial charge in [0.05, 0.1) is 12.3 Å². The summed E-state index contributed by atoms with van der Waals surface area (Å²) in [5.41, 5.74) is 0.950. The van der Waals surface area contributed by atoms with Gasteiger partial charge < -0.3 is 10.1 Å². The highest BCUT2D eigenvalue weighted by Gasteiger charge is 2.15. The van der Waals surface area contributed by atoms with Crippen LogP contribution in [0.3, 0.4) is 0 Å². The van der Waals surface area contributed by atoms with E-state index >= 15 is 0 Å². The summed E-state index contributed by atoms with van der Waals surface area (Å²) in [6.07, 6.45) is 4.56. The van der Waals surface area contributed by atoms with Crippen molar-refractivity contribution in [3.63, 3.8) is 0 Å². The van der Waals surface area contributed by atoms with Crippen LogP contribution in [0, 0.1) is 12.8 Å². The summed E-state index contributed by atoms with van der Waals surface area (Å²) in [6, 6.07) is 0. The smallest absolute Gasteiger partial charge is 0.147 e. The summed E-state index contributed by atoms with van der Waals surface area (Å²) in [5, 5.41) is 3.30. The van der Waals surface area contributed by atoms with Crippen molar-refractivity contribution in [3.05, 3.63) is 18.1 Å². The number of nitrogens with one attached hydrogen (secondary N) is 1. The first-order valence-electron chi connectivity index (χ1n) is 4.95. The topological polar surface area (TPSA) is 47.0 Å². The predicted molar refractivity (Wildman–Crippen MR) is 54.2 cm³/mol. The highest BCUT2D eigenvalue weighted by Crippen LogP contribution is 2.14. The highest BCUT2D eigenvalue weighted by atomic mass is 16.5. The first-order valence-corrected chi connectivity index (χ1v) is 4.95. The van der Waals surface area contributed by atoms with Gasteiger partial charge in [-0.25, -0.2) is 4.98 Å². The van der Waals surface area contributed by atoms with Gasteiger partial charge in [0.1, 0.15) is 5.82 Å². The Morgan fingerprint density at radius 2 is 2.36 bits per heavy atom. The molecule has 1 N–H and O–H groups in total. The first-order chi connectivity index (χ1) is 6.86. The summed E-state index contributed by atoms with van der Waals surface area (Å²) in [7, 11) is 0. The van der Waals surface area contributed by atoms with Crippen LogP contribution in [0.2, 0.25) is 0 Å². The third-order valence-electron chi connectivity index (χ3n) is 2.46. The summed E-state index contributed by atoms with van der Waals surface area (Å²) in [6.45, 7) is 4.65. The first kappa shape index (κ1) is 9.40. The number of rotatable bonds is 3. The molecule has 2 rings (SSSR count). The molecule has 76 valence electrons. The number of nitrogens with zero attached hydrogens (tertiary/aromatic N) is 2. The molecule has 0 spiro atoms. The molecule has 0 amide bonds.